The van der Waals surface area contributed by atoms with Crippen LogP contribution in [0.4, 0.5) is 0 Å². The summed E-state index contributed by atoms with van der Waals surface area (Å²) >= 11 is 0. The molecular weight excluding hydrogens is 244 g/mol. The lowest BCUT2D eigenvalue weighted by atomic mass is 9.84. The largest absolute Gasteiger partial charge is 0.313 e. The lowest BCUT2D eigenvalue weighted by Crippen LogP contribution is -2.43. The van der Waals surface area contributed by atoms with Crippen molar-refractivity contribution in [1.82, 2.24) is 10.2 Å². The number of unbranched alkanes of at least 4 members (excludes halogenated alkanes) is 2. The van der Waals surface area contributed by atoms with Gasteiger partial charge in [-0.15, -0.1) is 0 Å². The molecule has 0 saturated heterocycles. The predicted octanol–water partition coefficient (Wildman–Crippen LogP) is 4.45. The van der Waals surface area contributed by atoms with E-state index in [1.165, 1.54) is 77.5 Å². The van der Waals surface area contributed by atoms with Gasteiger partial charge in [-0.3, -0.25) is 0 Å². The maximum absolute atomic E-state index is 3.77. The molecular formula is C18H38N2. The van der Waals surface area contributed by atoms with Crippen molar-refractivity contribution in [2.75, 3.05) is 26.2 Å². The Bertz CT molecular complexity index is 230. The lowest BCUT2D eigenvalue weighted by molar-refractivity contribution is 0.145. The molecule has 20 heavy (non-hydrogen) atoms. The summed E-state index contributed by atoms with van der Waals surface area (Å²) in [5.41, 5.74) is 0.457. The first-order valence-electron chi connectivity index (χ1n) is 9.09. The molecule has 0 aromatic rings. The van der Waals surface area contributed by atoms with Crippen LogP contribution in [0, 0.1) is 5.41 Å². The smallest absolute Gasteiger partial charge is 0.00684 e. The fraction of sp³-hybridized carbons (Fsp3) is 1.00. The maximum atomic E-state index is 3.77. The monoisotopic (exact) mass is 282 g/mol. The van der Waals surface area contributed by atoms with Gasteiger partial charge in [0, 0.05) is 19.1 Å². The van der Waals surface area contributed by atoms with Crippen LogP contribution in [0.2, 0.25) is 0 Å². The molecule has 2 heteroatoms. The molecule has 0 aromatic heterocycles. The van der Waals surface area contributed by atoms with Crippen LogP contribution in [0.5, 0.6) is 0 Å². The average Bonchev–Trinajstić information content (AvgIpc) is 3.24. The van der Waals surface area contributed by atoms with Gasteiger partial charge in [0.15, 0.2) is 0 Å². The Morgan fingerprint density at radius 1 is 1.00 bits per heavy atom. The molecule has 1 unspecified atom stereocenters. The minimum atomic E-state index is 0.457. The molecule has 0 aromatic carbocycles. The quantitative estimate of drug-likeness (QED) is 0.537. The van der Waals surface area contributed by atoms with E-state index in [0.717, 1.165) is 6.04 Å². The molecule has 0 radical (unpaired) electrons. The minimum absolute atomic E-state index is 0.457. The molecule has 1 rings (SSSR count). The van der Waals surface area contributed by atoms with Gasteiger partial charge in [0.05, 0.1) is 0 Å². The van der Waals surface area contributed by atoms with Gasteiger partial charge in [0.25, 0.3) is 0 Å². The van der Waals surface area contributed by atoms with Gasteiger partial charge in [-0.2, -0.15) is 0 Å². The van der Waals surface area contributed by atoms with Crippen LogP contribution in [0.3, 0.4) is 0 Å². The Morgan fingerprint density at radius 3 is 2.05 bits per heavy atom. The second-order valence-corrected chi connectivity index (χ2v) is 7.20. The standard InChI is InChI=1S/C18H38N2/c1-5-8-13-20(14-9-6-2)16-18(4,12-7-3)15-19-17-10-11-17/h17,19H,5-16H2,1-4H3. The zero-order valence-corrected chi connectivity index (χ0v) is 14.5. The van der Waals surface area contributed by atoms with Crippen LogP contribution in [-0.2, 0) is 0 Å². The Morgan fingerprint density at radius 2 is 1.60 bits per heavy atom. The van der Waals surface area contributed by atoms with E-state index in [1.807, 2.05) is 0 Å². The van der Waals surface area contributed by atoms with Gasteiger partial charge < -0.3 is 10.2 Å². The minimum Gasteiger partial charge on any atom is -0.313 e. The first-order valence-corrected chi connectivity index (χ1v) is 9.09. The first-order chi connectivity index (χ1) is 9.63. The molecule has 1 saturated carbocycles. The Balaban J connectivity index is 2.46. The molecule has 1 aliphatic carbocycles. The molecule has 0 aliphatic heterocycles. The van der Waals surface area contributed by atoms with Gasteiger partial charge >= 0.3 is 0 Å². The highest BCUT2D eigenvalue weighted by Crippen LogP contribution is 2.27. The number of hydrogen-bond donors (Lipinski definition) is 1. The second kappa shape index (κ2) is 9.78. The highest BCUT2D eigenvalue weighted by Gasteiger charge is 2.29. The number of hydrogen-bond acceptors (Lipinski definition) is 2. The predicted molar refractivity (Wildman–Crippen MR) is 90.3 cm³/mol. The summed E-state index contributed by atoms with van der Waals surface area (Å²) in [6.07, 6.45) is 10.8. The molecule has 0 spiro atoms. The SMILES string of the molecule is CCCCN(CCCC)CC(C)(CCC)CNC1CC1. The van der Waals surface area contributed by atoms with Crippen molar-refractivity contribution in [2.45, 2.75) is 85.1 Å². The summed E-state index contributed by atoms with van der Waals surface area (Å²) in [5.74, 6) is 0. The van der Waals surface area contributed by atoms with E-state index in [4.69, 9.17) is 0 Å². The maximum Gasteiger partial charge on any atom is 0.00684 e. The highest BCUT2D eigenvalue weighted by atomic mass is 15.1. The van der Waals surface area contributed by atoms with Crippen molar-refractivity contribution >= 4 is 0 Å². The number of nitrogens with one attached hydrogen (secondary N) is 1. The van der Waals surface area contributed by atoms with Crippen molar-refractivity contribution < 1.29 is 0 Å². The van der Waals surface area contributed by atoms with E-state index in [2.05, 4.69) is 37.9 Å². The molecule has 120 valence electrons. The second-order valence-electron chi connectivity index (χ2n) is 7.20. The van der Waals surface area contributed by atoms with E-state index < -0.39 is 0 Å². The van der Waals surface area contributed by atoms with Gasteiger partial charge in [0.2, 0.25) is 0 Å². The fourth-order valence-electron chi connectivity index (χ4n) is 3.08. The van der Waals surface area contributed by atoms with Gasteiger partial charge in [-0.1, -0.05) is 47.0 Å². The summed E-state index contributed by atoms with van der Waals surface area (Å²) in [7, 11) is 0. The van der Waals surface area contributed by atoms with Crippen LogP contribution in [0.15, 0.2) is 0 Å². The Hall–Kier alpha value is -0.0800. The zero-order valence-electron chi connectivity index (χ0n) is 14.5. The van der Waals surface area contributed by atoms with E-state index in [0.29, 0.717) is 5.41 Å². The van der Waals surface area contributed by atoms with Crippen molar-refractivity contribution in [1.29, 1.82) is 0 Å². The summed E-state index contributed by atoms with van der Waals surface area (Å²) in [6, 6.07) is 0.839. The molecule has 1 aliphatic rings. The molecule has 1 fully saturated rings. The Labute approximate surface area is 127 Å². The summed E-state index contributed by atoms with van der Waals surface area (Å²) < 4.78 is 0. The van der Waals surface area contributed by atoms with E-state index in [-0.39, 0.29) is 0 Å². The van der Waals surface area contributed by atoms with Crippen LogP contribution < -0.4 is 5.32 Å². The molecule has 1 N–H and O–H groups in total. The topological polar surface area (TPSA) is 15.3 Å². The third-order valence-corrected chi connectivity index (χ3v) is 4.51. The molecule has 0 heterocycles. The lowest BCUT2D eigenvalue weighted by Gasteiger charge is -2.36. The molecule has 0 bridgehead atoms. The van der Waals surface area contributed by atoms with E-state index in [9.17, 15) is 0 Å². The van der Waals surface area contributed by atoms with Gasteiger partial charge in [-0.25, -0.2) is 0 Å². The van der Waals surface area contributed by atoms with Crippen molar-refractivity contribution in [3.8, 4) is 0 Å². The number of rotatable bonds is 13. The summed E-state index contributed by atoms with van der Waals surface area (Å²) in [5, 5.41) is 3.77. The third kappa shape index (κ3) is 7.64. The highest BCUT2D eigenvalue weighted by molar-refractivity contribution is 4.87. The Kier molecular flexibility index (Phi) is 8.79. The van der Waals surface area contributed by atoms with E-state index in [1.54, 1.807) is 0 Å². The average molecular weight is 283 g/mol. The summed E-state index contributed by atoms with van der Waals surface area (Å²) in [4.78, 5) is 2.73. The third-order valence-electron chi connectivity index (χ3n) is 4.51. The van der Waals surface area contributed by atoms with Crippen molar-refractivity contribution in [3.63, 3.8) is 0 Å². The van der Waals surface area contributed by atoms with Gasteiger partial charge in [-0.05, 0) is 50.6 Å². The molecule has 0 amide bonds. The number of nitrogens with zero attached hydrogens (tertiary/aromatic N) is 1. The first kappa shape index (κ1) is 18.0. The van der Waals surface area contributed by atoms with Crippen LogP contribution >= 0.6 is 0 Å². The fourth-order valence-corrected chi connectivity index (χ4v) is 3.08. The van der Waals surface area contributed by atoms with Crippen LogP contribution in [0.1, 0.15) is 79.1 Å². The summed E-state index contributed by atoms with van der Waals surface area (Å²) in [6.45, 7) is 14.5. The van der Waals surface area contributed by atoms with Crippen molar-refractivity contribution in [3.05, 3.63) is 0 Å². The normalized spacial score (nSPS) is 18.4. The zero-order chi connectivity index (χ0) is 14.8. The van der Waals surface area contributed by atoms with Gasteiger partial charge in [0.1, 0.15) is 0 Å². The van der Waals surface area contributed by atoms with Crippen LogP contribution in [-0.4, -0.2) is 37.1 Å². The van der Waals surface area contributed by atoms with E-state index >= 15 is 0 Å². The van der Waals surface area contributed by atoms with Crippen LogP contribution in [0.25, 0.3) is 0 Å². The molecule has 1 atom stereocenters. The van der Waals surface area contributed by atoms with Crippen molar-refractivity contribution in [2.24, 2.45) is 5.41 Å². The molecule has 2 nitrogen and oxygen atoms in total.